The molecule has 4 N–H and O–H groups in total. The van der Waals surface area contributed by atoms with E-state index in [2.05, 4.69) is 51.8 Å². The van der Waals surface area contributed by atoms with E-state index in [1.54, 1.807) is 48.5 Å². The van der Waals surface area contributed by atoms with Gasteiger partial charge in [-0.2, -0.15) is 5.10 Å². The predicted molar refractivity (Wildman–Crippen MR) is 116 cm³/mol. The van der Waals surface area contributed by atoms with Gasteiger partial charge in [-0.25, -0.2) is 9.78 Å². The van der Waals surface area contributed by atoms with Crippen LogP contribution in [0.15, 0.2) is 36.8 Å². The van der Waals surface area contributed by atoms with Crippen LogP contribution in [0.2, 0.25) is 0 Å². The van der Waals surface area contributed by atoms with E-state index in [0.29, 0.717) is 22.8 Å². The number of aromatic nitrogens is 4. The Kier molecular flexibility index (Phi) is 4.65. The fourth-order valence-electron chi connectivity index (χ4n) is 3.15. The topological polar surface area (TPSA) is 117 Å². The van der Waals surface area contributed by atoms with Crippen LogP contribution in [0.1, 0.15) is 37.7 Å². The number of carbonyl (C=O) groups is 2. The smallest absolute Gasteiger partial charge is 0.324 e. The van der Waals surface area contributed by atoms with Crippen LogP contribution in [0.4, 0.5) is 22.0 Å². The third-order valence-corrected chi connectivity index (χ3v) is 4.77. The standard InChI is InChI=1S/C21H23N7O2/c1-21(2,3)17-9-18(28(4)27-17)26-20(30)24-12-5-6-14-15(7-13-10-22-11-23-13)19(29)25-16(14)8-12/h5-11H,1-4H3,(H,22,23)(H,25,29)(H2,24,26,30)/b15-7-. The highest BCUT2D eigenvalue weighted by Gasteiger charge is 2.25. The number of fused-ring (bicyclic) bond motifs is 1. The minimum absolute atomic E-state index is 0.117. The molecule has 1 aliphatic rings. The molecule has 3 heterocycles. The zero-order valence-electron chi connectivity index (χ0n) is 17.2. The Bertz CT molecular complexity index is 1150. The van der Waals surface area contributed by atoms with Crippen LogP contribution in [0.25, 0.3) is 11.6 Å². The van der Waals surface area contributed by atoms with Crippen LogP contribution < -0.4 is 16.0 Å². The third kappa shape index (κ3) is 3.82. The summed E-state index contributed by atoms with van der Waals surface area (Å²) in [6, 6.07) is 6.74. The summed E-state index contributed by atoms with van der Waals surface area (Å²) in [6.45, 7) is 6.19. The first-order valence-electron chi connectivity index (χ1n) is 9.49. The summed E-state index contributed by atoms with van der Waals surface area (Å²) in [5.74, 6) is 0.391. The molecule has 30 heavy (non-hydrogen) atoms. The van der Waals surface area contributed by atoms with Crippen LogP contribution in [-0.2, 0) is 17.3 Å². The highest BCUT2D eigenvalue weighted by molar-refractivity contribution is 6.35. The summed E-state index contributed by atoms with van der Waals surface area (Å²) in [5, 5.41) is 12.9. The van der Waals surface area contributed by atoms with Crippen LogP contribution in [0, 0.1) is 0 Å². The summed E-state index contributed by atoms with van der Waals surface area (Å²) in [4.78, 5) is 31.7. The van der Waals surface area contributed by atoms with Crippen molar-refractivity contribution in [1.82, 2.24) is 19.7 Å². The lowest BCUT2D eigenvalue weighted by atomic mass is 9.92. The average Bonchev–Trinajstić information content (AvgIpc) is 3.36. The number of H-pyrrole nitrogens is 1. The molecule has 9 heteroatoms. The van der Waals surface area contributed by atoms with E-state index in [1.165, 1.54) is 0 Å². The van der Waals surface area contributed by atoms with Crippen LogP contribution in [0.3, 0.4) is 0 Å². The van der Waals surface area contributed by atoms with Gasteiger partial charge in [0.05, 0.1) is 35.2 Å². The summed E-state index contributed by atoms with van der Waals surface area (Å²) in [6.07, 6.45) is 4.93. The van der Waals surface area contributed by atoms with Gasteiger partial charge in [0.25, 0.3) is 5.91 Å². The molecule has 0 spiro atoms. The number of hydrogen-bond donors (Lipinski definition) is 4. The highest BCUT2D eigenvalue weighted by Crippen LogP contribution is 2.35. The van der Waals surface area contributed by atoms with E-state index in [4.69, 9.17) is 0 Å². The van der Waals surface area contributed by atoms with Crippen molar-refractivity contribution in [3.8, 4) is 0 Å². The largest absolute Gasteiger partial charge is 0.345 e. The molecule has 0 aliphatic carbocycles. The molecule has 0 fully saturated rings. The predicted octanol–water partition coefficient (Wildman–Crippen LogP) is 3.58. The third-order valence-electron chi connectivity index (χ3n) is 4.77. The average molecular weight is 405 g/mol. The number of amides is 3. The molecule has 4 rings (SSSR count). The van der Waals surface area contributed by atoms with Crippen LogP contribution >= 0.6 is 0 Å². The first-order chi connectivity index (χ1) is 14.2. The summed E-state index contributed by atoms with van der Waals surface area (Å²) >= 11 is 0. The number of carbonyl (C=O) groups excluding carboxylic acids is 2. The molecule has 0 saturated heterocycles. The second kappa shape index (κ2) is 7.18. The monoisotopic (exact) mass is 405 g/mol. The first-order valence-corrected chi connectivity index (χ1v) is 9.49. The van der Waals surface area contributed by atoms with E-state index < -0.39 is 6.03 Å². The minimum Gasteiger partial charge on any atom is -0.345 e. The summed E-state index contributed by atoms with van der Waals surface area (Å²) in [5.41, 5.74) is 4.01. The number of anilines is 3. The molecule has 0 bridgehead atoms. The molecule has 3 amide bonds. The molecule has 1 aliphatic heterocycles. The number of benzene rings is 1. The molecule has 0 atom stereocenters. The molecule has 9 nitrogen and oxygen atoms in total. The van der Waals surface area contributed by atoms with Crippen molar-refractivity contribution in [2.75, 3.05) is 16.0 Å². The molecule has 3 aromatic rings. The Labute approximate surface area is 173 Å². The maximum atomic E-state index is 12.5. The van der Waals surface area contributed by atoms with Gasteiger partial charge in [-0.1, -0.05) is 26.8 Å². The fourth-order valence-corrected chi connectivity index (χ4v) is 3.15. The molecular weight excluding hydrogens is 382 g/mol. The molecule has 0 radical (unpaired) electrons. The zero-order chi connectivity index (χ0) is 21.5. The van der Waals surface area contributed by atoms with Gasteiger partial charge in [-0.3, -0.25) is 14.8 Å². The molecule has 154 valence electrons. The Morgan fingerprint density at radius 2 is 2.00 bits per heavy atom. The Balaban J connectivity index is 1.49. The first kappa shape index (κ1) is 19.4. The lowest BCUT2D eigenvalue weighted by Crippen LogP contribution is -2.21. The second-order valence-corrected chi connectivity index (χ2v) is 8.15. The molecule has 0 saturated carbocycles. The maximum Gasteiger partial charge on any atom is 0.324 e. The number of aromatic amines is 1. The molecular formula is C21H23N7O2. The van der Waals surface area contributed by atoms with Crippen LogP contribution in [0.5, 0.6) is 0 Å². The van der Waals surface area contributed by atoms with Gasteiger partial charge in [-0.15, -0.1) is 0 Å². The van der Waals surface area contributed by atoms with E-state index in [0.717, 1.165) is 17.0 Å². The number of rotatable bonds is 3. The van der Waals surface area contributed by atoms with Gasteiger partial charge >= 0.3 is 6.03 Å². The lowest BCUT2D eigenvalue weighted by molar-refractivity contribution is -0.110. The van der Waals surface area contributed by atoms with Gasteiger partial charge in [0.2, 0.25) is 0 Å². The summed E-state index contributed by atoms with van der Waals surface area (Å²) in [7, 11) is 1.78. The van der Waals surface area contributed by atoms with Crippen molar-refractivity contribution in [3.63, 3.8) is 0 Å². The fraction of sp³-hybridized carbons (Fsp3) is 0.238. The zero-order valence-corrected chi connectivity index (χ0v) is 17.2. The Morgan fingerprint density at radius 3 is 2.67 bits per heavy atom. The van der Waals surface area contributed by atoms with Gasteiger partial charge in [0, 0.05) is 29.8 Å². The van der Waals surface area contributed by atoms with E-state index in [9.17, 15) is 9.59 Å². The van der Waals surface area contributed by atoms with Gasteiger partial charge in [0.15, 0.2) is 0 Å². The second-order valence-electron chi connectivity index (χ2n) is 8.15. The number of hydrogen-bond acceptors (Lipinski definition) is 4. The van der Waals surface area contributed by atoms with Crippen molar-refractivity contribution in [2.24, 2.45) is 7.05 Å². The quantitative estimate of drug-likeness (QED) is 0.498. The molecule has 0 unspecified atom stereocenters. The Hall–Kier alpha value is -3.88. The minimum atomic E-state index is -0.393. The SMILES string of the molecule is Cn1nc(C(C)(C)C)cc1NC(=O)Nc1ccc2c(c1)NC(=O)/C2=C\c1cnc[nH]1. The van der Waals surface area contributed by atoms with Gasteiger partial charge in [-0.05, 0) is 18.2 Å². The van der Waals surface area contributed by atoms with Crippen molar-refractivity contribution >= 4 is 40.8 Å². The molecule has 2 aromatic heterocycles. The number of aryl methyl sites for hydroxylation is 1. The number of nitrogens with zero attached hydrogens (tertiary/aromatic N) is 3. The molecule has 1 aromatic carbocycles. The van der Waals surface area contributed by atoms with E-state index in [-0.39, 0.29) is 11.3 Å². The van der Waals surface area contributed by atoms with Gasteiger partial charge < -0.3 is 15.6 Å². The van der Waals surface area contributed by atoms with Crippen molar-refractivity contribution in [2.45, 2.75) is 26.2 Å². The number of imidazole rings is 1. The maximum absolute atomic E-state index is 12.5. The highest BCUT2D eigenvalue weighted by atomic mass is 16.2. The van der Waals surface area contributed by atoms with Crippen molar-refractivity contribution in [3.05, 3.63) is 53.7 Å². The van der Waals surface area contributed by atoms with E-state index >= 15 is 0 Å². The van der Waals surface area contributed by atoms with Gasteiger partial charge in [0.1, 0.15) is 5.82 Å². The normalized spacial score (nSPS) is 14.5. The number of nitrogens with one attached hydrogen (secondary N) is 4. The Morgan fingerprint density at radius 1 is 1.20 bits per heavy atom. The van der Waals surface area contributed by atoms with Crippen molar-refractivity contribution < 1.29 is 9.59 Å². The number of urea groups is 1. The lowest BCUT2D eigenvalue weighted by Gasteiger charge is -2.13. The van der Waals surface area contributed by atoms with Crippen molar-refractivity contribution in [1.29, 1.82) is 0 Å². The summed E-state index contributed by atoms with van der Waals surface area (Å²) < 4.78 is 1.63. The van der Waals surface area contributed by atoms with Crippen LogP contribution in [-0.4, -0.2) is 31.7 Å². The van der Waals surface area contributed by atoms with E-state index in [1.807, 2.05) is 6.07 Å².